The minimum atomic E-state index is -1.56. The Morgan fingerprint density at radius 1 is 1.50 bits per heavy atom. The molecule has 2 atom stereocenters. The lowest BCUT2D eigenvalue weighted by atomic mass is 10.3. The smallest absolute Gasteiger partial charge is 0.131 e. The third kappa shape index (κ3) is 2.12. The van der Waals surface area contributed by atoms with Crippen LogP contribution in [0.2, 0.25) is 0 Å². The number of hydrogen-bond donors (Lipinski definition) is 0. The van der Waals surface area contributed by atoms with Crippen LogP contribution in [0.3, 0.4) is 0 Å². The molecule has 0 aromatic heterocycles. The SMILES string of the molecule is [CH2]C(F)C(C)F. The third-order valence-electron chi connectivity index (χ3n) is 0.498. The van der Waals surface area contributed by atoms with E-state index >= 15 is 0 Å². The van der Waals surface area contributed by atoms with Crippen LogP contribution in [0.5, 0.6) is 0 Å². The second-order valence-electron chi connectivity index (χ2n) is 1.19. The monoisotopic (exact) mass is 93.1 g/mol. The summed E-state index contributed by atoms with van der Waals surface area (Å²) in [6, 6.07) is 0. The summed E-state index contributed by atoms with van der Waals surface area (Å²) in [6.45, 7) is 3.93. The van der Waals surface area contributed by atoms with Crippen molar-refractivity contribution in [3.63, 3.8) is 0 Å². The molecule has 1 radical (unpaired) electrons. The molecule has 6 heavy (non-hydrogen) atoms. The highest BCUT2D eigenvalue weighted by Crippen LogP contribution is 1.98. The van der Waals surface area contributed by atoms with E-state index in [4.69, 9.17) is 0 Å². The van der Waals surface area contributed by atoms with Gasteiger partial charge >= 0.3 is 0 Å². The standard InChI is InChI=1S/C4H7F2/c1-3(5)4(2)6/h3-4H,1H2,2H3. The lowest BCUT2D eigenvalue weighted by molar-refractivity contribution is 0.220. The zero-order valence-electron chi connectivity index (χ0n) is 3.62. The summed E-state index contributed by atoms with van der Waals surface area (Å²) in [5.41, 5.74) is 0. The molecule has 0 aliphatic rings. The van der Waals surface area contributed by atoms with Crippen LogP contribution in [-0.2, 0) is 0 Å². The maximum absolute atomic E-state index is 11.4. The molecular formula is C4H7F2. The van der Waals surface area contributed by atoms with Gasteiger partial charge in [-0.2, -0.15) is 0 Å². The third-order valence-corrected chi connectivity index (χ3v) is 0.498. The van der Waals surface area contributed by atoms with Gasteiger partial charge in [-0.15, -0.1) is 0 Å². The highest BCUT2D eigenvalue weighted by atomic mass is 19.2. The van der Waals surface area contributed by atoms with Crippen LogP contribution in [0.25, 0.3) is 0 Å². The first kappa shape index (κ1) is 5.86. The van der Waals surface area contributed by atoms with Gasteiger partial charge in [0.15, 0.2) is 0 Å². The molecule has 0 aromatic rings. The van der Waals surface area contributed by atoms with Crippen molar-refractivity contribution in [1.82, 2.24) is 0 Å². The Morgan fingerprint density at radius 3 is 1.67 bits per heavy atom. The van der Waals surface area contributed by atoms with E-state index in [-0.39, 0.29) is 0 Å². The van der Waals surface area contributed by atoms with Crippen molar-refractivity contribution in [1.29, 1.82) is 0 Å². The molecule has 2 unspecified atom stereocenters. The summed E-state index contributed by atoms with van der Waals surface area (Å²) in [6.07, 6.45) is -2.99. The van der Waals surface area contributed by atoms with Crippen molar-refractivity contribution in [3.8, 4) is 0 Å². The minimum Gasteiger partial charge on any atom is -0.245 e. The Bertz CT molecular complexity index is 26.5. The average Bonchev–Trinajstić information content (AvgIpc) is 1.36. The molecule has 0 saturated heterocycles. The van der Waals surface area contributed by atoms with Crippen LogP contribution in [0, 0.1) is 6.92 Å². The van der Waals surface area contributed by atoms with Crippen molar-refractivity contribution in [3.05, 3.63) is 6.92 Å². The maximum Gasteiger partial charge on any atom is 0.131 e. The summed E-state index contributed by atoms with van der Waals surface area (Å²) in [5.74, 6) is 0. The molecule has 0 bridgehead atoms. The van der Waals surface area contributed by atoms with E-state index in [1.54, 1.807) is 0 Å². The van der Waals surface area contributed by atoms with E-state index in [0.717, 1.165) is 6.92 Å². The van der Waals surface area contributed by atoms with Crippen LogP contribution >= 0.6 is 0 Å². The van der Waals surface area contributed by atoms with Gasteiger partial charge in [0.1, 0.15) is 12.3 Å². The molecule has 37 valence electrons. The summed E-state index contributed by atoms with van der Waals surface area (Å²) in [5, 5.41) is 0. The molecule has 2 heteroatoms. The van der Waals surface area contributed by atoms with Crippen LogP contribution in [-0.4, -0.2) is 12.3 Å². The molecule has 0 aromatic carbocycles. The first-order valence-corrected chi connectivity index (χ1v) is 1.76. The zero-order valence-corrected chi connectivity index (χ0v) is 3.62. The molecule has 0 amide bonds. The minimum absolute atomic E-state index is 1.14. The van der Waals surface area contributed by atoms with Gasteiger partial charge in [0.25, 0.3) is 0 Å². The number of halogens is 2. The van der Waals surface area contributed by atoms with Crippen molar-refractivity contribution in [2.45, 2.75) is 19.3 Å². The molecule has 0 nitrogen and oxygen atoms in total. The fraction of sp³-hybridized carbons (Fsp3) is 0.750. The number of alkyl halides is 2. The van der Waals surface area contributed by atoms with E-state index in [1.165, 1.54) is 0 Å². The lowest BCUT2D eigenvalue weighted by Gasteiger charge is -1.96. The highest BCUT2D eigenvalue weighted by Gasteiger charge is 2.05. The van der Waals surface area contributed by atoms with E-state index in [0.29, 0.717) is 0 Å². The van der Waals surface area contributed by atoms with Gasteiger partial charge in [-0.1, -0.05) is 0 Å². The summed E-state index contributed by atoms with van der Waals surface area (Å²) in [4.78, 5) is 0. The first-order chi connectivity index (χ1) is 2.64. The van der Waals surface area contributed by atoms with Crippen molar-refractivity contribution in [2.24, 2.45) is 0 Å². The first-order valence-electron chi connectivity index (χ1n) is 1.76. The number of rotatable bonds is 1. The predicted octanol–water partition coefficient (Wildman–Crippen LogP) is 1.52. The second kappa shape index (κ2) is 2.11. The summed E-state index contributed by atoms with van der Waals surface area (Å²) in [7, 11) is 0. The normalized spacial score (nSPS) is 20.0. The maximum atomic E-state index is 11.4. The Morgan fingerprint density at radius 2 is 1.67 bits per heavy atom. The van der Waals surface area contributed by atoms with E-state index in [1.807, 2.05) is 0 Å². The Labute approximate surface area is 36.2 Å². The quantitative estimate of drug-likeness (QED) is 0.461. The zero-order chi connectivity index (χ0) is 5.15. The van der Waals surface area contributed by atoms with Gasteiger partial charge in [0.2, 0.25) is 0 Å². The van der Waals surface area contributed by atoms with Crippen LogP contribution in [0.1, 0.15) is 6.92 Å². The van der Waals surface area contributed by atoms with Gasteiger partial charge < -0.3 is 0 Å². The Kier molecular flexibility index (Phi) is 2.06. The molecule has 0 aliphatic carbocycles. The highest BCUT2D eigenvalue weighted by molar-refractivity contribution is 4.62. The van der Waals surface area contributed by atoms with Gasteiger partial charge in [-0.3, -0.25) is 0 Å². The average molecular weight is 93.1 g/mol. The number of hydrogen-bond acceptors (Lipinski definition) is 0. The lowest BCUT2D eigenvalue weighted by Crippen LogP contribution is -2.07. The summed E-state index contributed by atoms with van der Waals surface area (Å²) >= 11 is 0. The van der Waals surface area contributed by atoms with Gasteiger partial charge in [-0.05, 0) is 13.8 Å². The van der Waals surface area contributed by atoms with Crippen LogP contribution in [0.4, 0.5) is 8.78 Å². The van der Waals surface area contributed by atoms with Crippen molar-refractivity contribution >= 4 is 0 Å². The fourth-order valence-corrected chi connectivity index (χ4v) is 0. The van der Waals surface area contributed by atoms with Crippen LogP contribution < -0.4 is 0 Å². The van der Waals surface area contributed by atoms with Gasteiger partial charge in [0.05, 0.1) is 0 Å². The molecule has 0 saturated carbocycles. The molecule has 0 heterocycles. The molecule has 0 fully saturated rings. The largest absolute Gasteiger partial charge is 0.245 e. The Hall–Kier alpha value is -0.140. The van der Waals surface area contributed by atoms with Crippen LogP contribution in [0.15, 0.2) is 0 Å². The van der Waals surface area contributed by atoms with E-state index < -0.39 is 12.3 Å². The molecule has 0 N–H and O–H groups in total. The molecule has 0 aliphatic heterocycles. The van der Waals surface area contributed by atoms with Crippen molar-refractivity contribution < 1.29 is 8.78 Å². The second-order valence-corrected chi connectivity index (χ2v) is 1.19. The van der Waals surface area contributed by atoms with Gasteiger partial charge in [0, 0.05) is 0 Å². The molecule has 0 spiro atoms. The Balaban J connectivity index is 2.99. The molecular weight excluding hydrogens is 86.0 g/mol. The van der Waals surface area contributed by atoms with Crippen molar-refractivity contribution in [2.75, 3.05) is 0 Å². The summed E-state index contributed by atoms with van der Waals surface area (Å²) < 4.78 is 22.7. The van der Waals surface area contributed by atoms with Gasteiger partial charge in [-0.25, -0.2) is 8.78 Å². The molecule has 0 rings (SSSR count). The fourth-order valence-electron chi connectivity index (χ4n) is 0. The predicted molar refractivity (Wildman–Crippen MR) is 20.8 cm³/mol. The topological polar surface area (TPSA) is 0 Å². The van der Waals surface area contributed by atoms with E-state index in [2.05, 4.69) is 6.92 Å². The van der Waals surface area contributed by atoms with E-state index in [9.17, 15) is 8.78 Å².